The first-order chi connectivity index (χ1) is 21.8. The van der Waals surface area contributed by atoms with E-state index in [1.807, 2.05) is 0 Å². The first-order valence-corrected chi connectivity index (χ1v) is 16.2. The Bertz CT molecular complexity index is 1870. The van der Waals surface area contributed by atoms with E-state index in [9.17, 15) is 47.5 Å². The molecule has 240 valence electrons. The van der Waals surface area contributed by atoms with Gasteiger partial charge in [0.2, 0.25) is 0 Å². The number of benzene rings is 1. The molecule has 1 saturated heterocycles. The Kier molecular flexibility index (Phi) is 11.3. The molecule has 4 heterocycles. The summed E-state index contributed by atoms with van der Waals surface area (Å²) in [5.41, 5.74) is 0.142. The van der Waals surface area contributed by atoms with Crippen LogP contribution in [0.25, 0.3) is 0 Å². The van der Waals surface area contributed by atoms with Gasteiger partial charge in [0.05, 0.1) is 22.5 Å². The van der Waals surface area contributed by atoms with Gasteiger partial charge in [-0.2, -0.15) is 0 Å². The maximum Gasteiger partial charge on any atom is 1.00 e. The molecule has 2 aromatic heterocycles. The number of aliphatic imine (C=N–C) groups is 1. The SMILES string of the molecule is O=C(O)C1=C(C[n+]2ccc(CCS(=O)(=O)[O-])cc2)CS[C@@H]2[C@H](N=C([O-])[C@@H](NC(=O)c3nc[nH]c3C(=O)O)c3ccccc3)C(=O)N12.[Na+]. The Morgan fingerprint density at radius 3 is 2.45 bits per heavy atom. The number of hydrogen-bond donors (Lipinski definition) is 4. The van der Waals surface area contributed by atoms with Gasteiger partial charge in [0.1, 0.15) is 11.1 Å². The third-order valence-electron chi connectivity index (χ3n) is 7.19. The Morgan fingerprint density at radius 2 is 1.83 bits per heavy atom. The van der Waals surface area contributed by atoms with E-state index in [0.717, 1.165) is 11.2 Å². The molecule has 0 aliphatic carbocycles. The minimum Gasteiger partial charge on any atom is -0.860 e. The first kappa shape index (κ1) is 35.8. The van der Waals surface area contributed by atoms with Crippen LogP contribution in [-0.4, -0.2) is 90.6 Å². The summed E-state index contributed by atoms with van der Waals surface area (Å²) in [5.74, 6) is -5.74. The van der Waals surface area contributed by atoms with Crippen molar-refractivity contribution in [2.24, 2.45) is 4.99 Å². The Balaban J connectivity index is 0.00000500. The fourth-order valence-corrected chi connectivity index (χ4v) is 6.77. The summed E-state index contributed by atoms with van der Waals surface area (Å²) in [6, 6.07) is 8.56. The number of fused-ring (bicyclic) bond motifs is 1. The number of rotatable bonds is 12. The molecular weight excluding hydrogens is 667 g/mol. The summed E-state index contributed by atoms with van der Waals surface area (Å²) in [5, 5.41) is 34.4. The molecule has 2 aliphatic rings. The van der Waals surface area contributed by atoms with Crippen LogP contribution in [0.4, 0.5) is 0 Å². The molecule has 5 rings (SSSR count). The van der Waals surface area contributed by atoms with Crippen molar-refractivity contribution < 1.29 is 81.6 Å². The number of pyridine rings is 1. The van der Waals surface area contributed by atoms with Crippen molar-refractivity contribution in [1.29, 1.82) is 0 Å². The number of hydrogen-bond acceptors (Lipinski definition) is 11. The number of carbonyl (C=O) groups is 4. The molecule has 3 aromatic rings. The maximum atomic E-state index is 13.5. The van der Waals surface area contributed by atoms with Crippen molar-refractivity contribution in [3.8, 4) is 0 Å². The molecule has 0 spiro atoms. The maximum absolute atomic E-state index is 13.5. The van der Waals surface area contributed by atoms with E-state index in [2.05, 4.69) is 20.3 Å². The van der Waals surface area contributed by atoms with Crippen LogP contribution in [-0.2, 0) is 32.7 Å². The minimum absolute atomic E-state index is 0. The van der Waals surface area contributed by atoms with Crippen molar-refractivity contribution in [3.63, 3.8) is 0 Å². The Morgan fingerprint density at radius 1 is 1.15 bits per heavy atom. The van der Waals surface area contributed by atoms with Crippen LogP contribution >= 0.6 is 11.8 Å². The number of aromatic carboxylic acids is 1. The normalized spacial score (nSPS) is 18.4. The number of H-pyrrole nitrogens is 1. The Labute approximate surface area is 293 Å². The molecule has 0 unspecified atom stereocenters. The number of β-lactam (4-membered cyclic amide) rings is 1. The number of carboxylic acids is 2. The topological polar surface area (TPSA) is 249 Å². The molecule has 2 aliphatic heterocycles. The summed E-state index contributed by atoms with van der Waals surface area (Å²) in [6.45, 7) is 0.0969. The molecule has 19 heteroatoms. The van der Waals surface area contributed by atoms with Gasteiger partial charge in [-0.05, 0) is 23.4 Å². The van der Waals surface area contributed by atoms with Gasteiger partial charge in [-0.1, -0.05) is 30.3 Å². The van der Waals surface area contributed by atoms with Crippen LogP contribution in [0.5, 0.6) is 0 Å². The average molecular weight is 693 g/mol. The zero-order valence-corrected chi connectivity index (χ0v) is 28.2. The number of aryl methyl sites for hydroxylation is 1. The van der Waals surface area contributed by atoms with Crippen LogP contribution in [0, 0.1) is 0 Å². The van der Waals surface area contributed by atoms with Crippen LogP contribution in [0.3, 0.4) is 0 Å². The summed E-state index contributed by atoms with van der Waals surface area (Å²) < 4.78 is 34.4. The zero-order chi connectivity index (χ0) is 33.2. The van der Waals surface area contributed by atoms with Gasteiger partial charge in [0.15, 0.2) is 36.4 Å². The predicted octanol–water partition coefficient (Wildman–Crippen LogP) is -3.96. The van der Waals surface area contributed by atoms with Crippen LogP contribution in [0.2, 0.25) is 0 Å². The average Bonchev–Trinajstić information content (AvgIpc) is 3.52. The largest absolute Gasteiger partial charge is 1.00 e. The second kappa shape index (κ2) is 14.8. The molecular formula is C28H25N6NaO10S2. The fourth-order valence-electron chi connectivity index (χ4n) is 4.97. The van der Waals surface area contributed by atoms with Gasteiger partial charge in [-0.3, -0.25) is 19.5 Å². The minimum atomic E-state index is -4.37. The monoisotopic (exact) mass is 692 g/mol. The fraction of sp³-hybridized carbons (Fsp3) is 0.250. The summed E-state index contributed by atoms with van der Waals surface area (Å²) in [6.07, 6.45) is 4.25. The van der Waals surface area contributed by atoms with E-state index in [1.165, 1.54) is 11.8 Å². The van der Waals surface area contributed by atoms with Crippen molar-refractivity contribution in [2.45, 2.75) is 30.4 Å². The second-order valence-corrected chi connectivity index (χ2v) is 12.8. The van der Waals surface area contributed by atoms with Crippen LogP contribution < -0.4 is 44.5 Å². The molecule has 1 fully saturated rings. The third kappa shape index (κ3) is 8.09. The molecule has 0 radical (unpaired) electrons. The van der Waals surface area contributed by atoms with Gasteiger partial charge in [-0.25, -0.2) is 27.6 Å². The predicted molar refractivity (Wildman–Crippen MR) is 156 cm³/mol. The van der Waals surface area contributed by atoms with Gasteiger partial charge in [0.25, 0.3) is 11.8 Å². The number of aromatic nitrogens is 3. The third-order valence-corrected chi connectivity index (χ3v) is 9.22. The molecule has 2 amide bonds. The standard InChI is InChI=1S/C28H26N6O10S2.Na/c35-23(18(16-4-2-1-3-5-16)31-24(36)19-20(27(38)39)30-14-29-19)32-21-25(37)34-22(28(40)41)17(13-45-26(21)34)12-33-9-6-15(7-10-33)8-11-46(42,43)44;/h1-7,9-10,14,18,21,26H,8,11-13H2,(H5-,29,30,31,32,35,36,38,39,40,41,42,43,44);/q;+1/p-1/t18-,21+,26+;/m0./s1. The number of nitrogens with one attached hydrogen (secondary N) is 2. The van der Waals surface area contributed by atoms with E-state index in [-0.39, 0.29) is 54.0 Å². The number of nitrogens with zero attached hydrogens (tertiary/aromatic N) is 4. The summed E-state index contributed by atoms with van der Waals surface area (Å²) in [4.78, 5) is 61.2. The van der Waals surface area contributed by atoms with E-state index >= 15 is 0 Å². The van der Waals surface area contributed by atoms with E-state index in [0.29, 0.717) is 16.7 Å². The van der Waals surface area contributed by atoms with Gasteiger partial charge in [-0.15, -0.1) is 11.8 Å². The second-order valence-electron chi connectivity index (χ2n) is 10.2. The van der Waals surface area contributed by atoms with Gasteiger partial charge < -0.3 is 30.2 Å². The van der Waals surface area contributed by atoms with Gasteiger partial charge >= 0.3 is 41.5 Å². The molecule has 16 nitrogen and oxygen atoms in total. The number of aromatic amines is 1. The quantitative estimate of drug-likeness (QED) is 0.0355. The number of imidazole rings is 1. The number of amides is 2. The summed E-state index contributed by atoms with van der Waals surface area (Å²) >= 11 is 1.21. The number of carbonyl (C=O) groups excluding carboxylic acids is 2. The van der Waals surface area contributed by atoms with Crippen molar-refractivity contribution >= 4 is 51.5 Å². The Hall–Kier alpha value is -4.07. The van der Waals surface area contributed by atoms with Crippen molar-refractivity contribution in [2.75, 3.05) is 11.5 Å². The van der Waals surface area contributed by atoms with Crippen molar-refractivity contribution in [3.05, 3.63) is 95.0 Å². The van der Waals surface area contributed by atoms with Crippen LogP contribution in [0.1, 0.15) is 38.1 Å². The molecule has 1 aromatic carbocycles. The molecule has 0 bridgehead atoms. The first-order valence-electron chi connectivity index (χ1n) is 13.5. The molecule has 4 N–H and O–H groups in total. The van der Waals surface area contributed by atoms with E-state index in [1.54, 1.807) is 59.4 Å². The van der Waals surface area contributed by atoms with Crippen molar-refractivity contribution in [1.82, 2.24) is 20.2 Å². The van der Waals surface area contributed by atoms with Gasteiger partial charge in [0, 0.05) is 29.2 Å². The molecule has 0 saturated carbocycles. The zero-order valence-electron chi connectivity index (χ0n) is 24.6. The van der Waals surface area contributed by atoms with Crippen LogP contribution in [0.15, 0.2) is 77.4 Å². The number of aliphatic carboxylic acids is 1. The van der Waals surface area contributed by atoms with E-state index in [4.69, 9.17) is 0 Å². The summed E-state index contributed by atoms with van der Waals surface area (Å²) in [7, 11) is -4.37. The smallest absolute Gasteiger partial charge is 0.860 e. The van der Waals surface area contributed by atoms with E-state index < -0.39 is 74.4 Å². The number of carboxylic acid groups (broad SMARTS) is 2. The molecule has 3 atom stereocenters. The number of thioether (sulfide) groups is 1. The molecule has 47 heavy (non-hydrogen) atoms.